The van der Waals surface area contributed by atoms with Crippen LogP contribution in [0.1, 0.15) is 95.5 Å². The molecule has 8 saturated carbocycles. The molecule has 0 atom stereocenters. The van der Waals surface area contributed by atoms with Crippen molar-refractivity contribution >= 4 is 28.2 Å². The summed E-state index contributed by atoms with van der Waals surface area (Å²) in [5.41, 5.74) is 2.98. The summed E-state index contributed by atoms with van der Waals surface area (Å²) in [5.74, 6) is 7.61. The SMILES string of the molecule is Cc1ccc2ccccc2[c]1[Pd-]([Br])[CH2]CCC(C12CC3CC(CC(C3)C1)C2)C12CC3CC(CC(C3)C1)C2. The van der Waals surface area contributed by atoms with E-state index in [1.54, 1.807) is 87.5 Å². The Bertz CT molecular complexity index is 1070. The zero-order valence-corrected chi connectivity index (χ0v) is 25.9. The monoisotopic (exact) mass is 651 g/mol. The van der Waals surface area contributed by atoms with Crippen molar-refractivity contribution in [3.63, 3.8) is 0 Å². The fourth-order valence-corrected chi connectivity index (χ4v) is 18.3. The van der Waals surface area contributed by atoms with Gasteiger partial charge in [0.05, 0.1) is 0 Å². The van der Waals surface area contributed by atoms with Crippen molar-refractivity contribution in [3.05, 3.63) is 42.0 Å². The van der Waals surface area contributed by atoms with Crippen LogP contribution in [-0.2, 0) is 14.7 Å². The predicted molar refractivity (Wildman–Crippen MR) is 156 cm³/mol. The van der Waals surface area contributed by atoms with Crippen molar-refractivity contribution < 1.29 is 14.7 Å². The minimum atomic E-state index is -0.888. The van der Waals surface area contributed by atoms with E-state index in [0.29, 0.717) is 0 Å². The molecule has 8 aliphatic rings. The van der Waals surface area contributed by atoms with Crippen LogP contribution in [0.3, 0.4) is 0 Å². The fraction of sp³-hybridized carbons (Fsp3) is 0.714. The standard InChI is InChI=1S/C24H37.C11H9.BrH.Pd/c1-2-3-22(23-10-16-4-17(11-23)6-18(5-16)12-23)24-13-19-7-20(14-24)9-21(8-19)15-24;1-9-6-7-10-4-2-3-5-11(10)8-9;;/h16-22H,1-15H2;2-7H,1H3;1H;/p-1. The van der Waals surface area contributed by atoms with Gasteiger partial charge in [0, 0.05) is 0 Å². The Morgan fingerprint density at radius 2 is 1.22 bits per heavy atom. The number of aryl methyl sites for hydroxylation is 1. The van der Waals surface area contributed by atoms with Crippen LogP contribution in [0.4, 0.5) is 0 Å². The molecule has 2 heteroatoms. The molecule has 0 spiro atoms. The van der Waals surface area contributed by atoms with E-state index >= 15 is 0 Å². The van der Waals surface area contributed by atoms with Gasteiger partial charge in [-0.1, -0.05) is 0 Å². The molecule has 37 heavy (non-hydrogen) atoms. The fourth-order valence-electron chi connectivity index (χ4n) is 12.5. The van der Waals surface area contributed by atoms with Crippen LogP contribution in [0.25, 0.3) is 10.8 Å². The van der Waals surface area contributed by atoms with Crippen molar-refractivity contribution in [1.29, 1.82) is 0 Å². The van der Waals surface area contributed by atoms with Gasteiger partial charge in [0.2, 0.25) is 0 Å². The maximum atomic E-state index is 4.35. The molecule has 0 heterocycles. The van der Waals surface area contributed by atoms with E-state index in [1.165, 1.54) is 27.7 Å². The number of hydrogen-bond donors (Lipinski definition) is 0. The molecule has 0 nitrogen and oxygen atoms in total. The van der Waals surface area contributed by atoms with Crippen LogP contribution in [0.5, 0.6) is 0 Å². The number of fused-ring (bicyclic) bond motifs is 1. The van der Waals surface area contributed by atoms with Crippen molar-refractivity contribution in [3.8, 4) is 0 Å². The third-order valence-electron chi connectivity index (χ3n) is 12.6. The molecule has 0 radical (unpaired) electrons. The van der Waals surface area contributed by atoms with Crippen LogP contribution in [0, 0.1) is 59.2 Å². The van der Waals surface area contributed by atoms with Gasteiger partial charge >= 0.3 is 239 Å². The summed E-state index contributed by atoms with van der Waals surface area (Å²) < 4.78 is 1.67. The molecular formula is C35H46BrPd-. The van der Waals surface area contributed by atoms with Gasteiger partial charge in [0.1, 0.15) is 0 Å². The average molecular weight is 653 g/mol. The van der Waals surface area contributed by atoms with Gasteiger partial charge in [0.15, 0.2) is 0 Å². The topological polar surface area (TPSA) is 0 Å². The maximum absolute atomic E-state index is 4.35. The van der Waals surface area contributed by atoms with E-state index in [2.05, 4.69) is 56.8 Å². The van der Waals surface area contributed by atoms with E-state index in [0.717, 1.165) is 52.3 Å². The number of halogens is 1. The van der Waals surface area contributed by atoms with E-state index < -0.39 is 14.7 Å². The van der Waals surface area contributed by atoms with Gasteiger partial charge in [-0.05, 0) is 0 Å². The Kier molecular flexibility index (Phi) is 6.11. The van der Waals surface area contributed by atoms with E-state index in [1.807, 2.05) is 0 Å². The predicted octanol–water partition coefficient (Wildman–Crippen LogP) is 9.95. The second kappa shape index (κ2) is 9.18. The van der Waals surface area contributed by atoms with Crippen LogP contribution >= 0.6 is 13.4 Å². The Morgan fingerprint density at radius 3 is 1.73 bits per heavy atom. The van der Waals surface area contributed by atoms with Gasteiger partial charge < -0.3 is 0 Å². The number of hydrogen-bond acceptors (Lipinski definition) is 0. The average Bonchev–Trinajstić information content (AvgIpc) is 2.84. The Balaban J connectivity index is 1.08. The van der Waals surface area contributed by atoms with Crippen LogP contribution in [0.15, 0.2) is 36.4 Å². The van der Waals surface area contributed by atoms with Crippen LogP contribution < -0.4 is 4.04 Å². The Labute approximate surface area is 237 Å². The second-order valence-corrected chi connectivity index (χ2v) is 21.5. The normalized spacial score (nSPS) is 42.5. The number of benzene rings is 2. The third-order valence-corrected chi connectivity index (χ3v) is 18.7. The third kappa shape index (κ3) is 4.12. The first-order valence-electron chi connectivity index (χ1n) is 15.7. The van der Waals surface area contributed by atoms with Crippen LogP contribution in [-0.4, -0.2) is 0 Å². The second-order valence-electron chi connectivity index (χ2n) is 15.1. The first kappa shape index (κ1) is 24.6. The summed E-state index contributed by atoms with van der Waals surface area (Å²) in [5, 5.41) is 2.94. The Hall–Kier alpha value is -0.158. The summed E-state index contributed by atoms with van der Waals surface area (Å²) in [6, 6.07) is 13.8. The molecule has 0 saturated heterocycles. The zero-order valence-electron chi connectivity index (χ0n) is 22.8. The summed E-state index contributed by atoms with van der Waals surface area (Å²) >= 11 is 3.46. The molecule has 0 unspecified atom stereocenters. The number of rotatable bonds is 7. The van der Waals surface area contributed by atoms with Crippen molar-refractivity contribution in [2.24, 2.45) is 52.3 Å². The van der Waals surface area contributed by atoms with Gasteiger partial charge in [-0.25, -0.2) is 0 Å². The molecular weight excluding hydrogens is 607 g/mol. The van der Waals surface area contributed by atoms with Crippen molar-refractivity contribution in [1.82, 2.24) is 0 Å². The van der Waals surface area contributed by atoms with Crippen molar-refractivity contribution in [2.45, 2.75) is 102 Å². The summed E-state index contributed by atoms with van der Waals surface area (Å²) in [6.45, 7) is 2.35. The summed E-state index contributed by atoms with van der Waals surface area (Å²) in [7, 11) is 0. The van der Waals surface area contributed by atoms with E-state index in [4.69, 9.17) is 0 Å². The molecule has 2 aromatic carbocycles. The van der Waals surface area contributed by atoms with Gasteiger partial charge in [-0.2, -0.15) is 0 Å². The summed E-state index contributed by atoms with van der Waals surface area (Å²) in [4.78, 5) is 1.41. The summed E-state index contributed by atoms with van der Waals surface area (Å²) in [6.07, 6.45) is 22.4. The van der Waals surface area contributed by atoms with Gasteiger partial charge in [-0.15, -0.1) is 0 Å². The van der Waals surface area contributed by atoms with Crippen LogP contribution in [0.2, 0.25) is 4.89 Å². The molecule has 0 aliphatic heterocycles. The molecule has 8 fully saturated rings. The molecule has 2 aromatic rings. The molecule has 10 rings (SSSR count). The molecule has 204 valence electrons. The molecule has 0 N–H and O–H groups in total. The zero-order chi connectivity index (χ0) is 24.8. The van der Waals surface area contributed by atoms with E-state index in [-0.39, 0.29) is 0 Å². The molecule has 0 aromatic heterocycles. The van der Waals surface area contributed by atoms with E-state index in [9.17, 15) is 0 Å². The molecule has 8 aliphatic carbocycles. The minimum absolute atomic E-state index is 0.733. The Morgan fingerprint density at radius 1 is 0.730 bits per heavy atom. The molecule has 8 bridgehead atoms. The first-order chi connectivity index (χ1) is 18.0. The first-order valence-corrected chi connectivity index (χ1v) is 21.1. The van der Waals surface area contributed by atoms with Gasteiger partial charge in [0.25, 0.3) is 0 Å². The van der Waals surface area contributed by atoms with Crippen molar-refractivity contribution in [2.75, 3.05) is 0 Å². The quantitative estimate of drug-likeness (QED) is 0.261. The van der Waals surface area contributed by atoms with Gasteiger partial charge in [-0.3, -0.25) is 0 Å². The molecule has 0 amide bonds.